The van der Waals surface area contributed by atoms with Crippen molar-refractivity contribution in [1.29, 1.82) is 0 Å². The zero-order valence-electron chi connectivity index (χ0n) is 22.3. The van der Waals surface area contributed by atoms with Crippen molar-refractivity contribution in [2.75, 3.05) is 0 Å². The van der Waals surface area contributed by atoms with Crippen molar-refractivity contribution < 1.29 is 4.42 Å². The van der Waals surface area contributed by atoms with E-state index in [2.05, 4.69) is 141 Å². The molecule has 9 aromatic rings. The van der Waals surface area contributed by atoms with Crippen LogP contribution in [0.2, 0.25) is 0 Å². The molecule has 0 spiro atoms. The maximum Gasteiger partial charge on any atom is 0.205 e. The Morgan fingerprint density at radius 1 is 0.524 bits per heavy atom. The molecule has 5 nitrogen and oxygen atoms in total. The van der Waals surface area contributed by atoms with E-state index < -0.39 is 0 Å². The van der Waals surface area contributed by atoms with Gasteiger partial charge in [-0.25, -0.2) is 0 Å². The number of nitrogens with zero attached hydrogens (tertiary/aromatic N) is 4. The molecule has 0 saturated carbocycles. The molecule has 0 fully saturated rings. The monoisotopic (exact) mass is 558 g/mol. The first-order chi connectivity index (χ1) is 20.8. The first-order valence-electron chi connectivity index (χ1n) is 13.8. The van der Waals surface area contributed by atoms with Gasteiger partial charge in [-0.2, -0.15) is 0 Å². The lowest BCUT2D eigenvalue weighted by Gasteiger charge is -2.10. The highest BCUT2D eigenvalue weighted by Crippen LogP contribution is 2.38. The van der Waals surface area contributed by atoms with Gasteiger partial charge in [-0.1, -0.05) is 96.3 Å². The lowest BCUT2D eigenvalue weighted by Crippen LogP contribution is -1.92. The molecule has 6 heteroatoms. The predicted molar refractivity (Wildman–Crippen MR) is 172 cm³/mol. The van der Waals surface area contributed by atoms with Gasteiger partial charge in [0.1, 0.15) is 5.01 Å². The van der Waals surface area contributed by atoms with Crippen LogP contribution >= 0.6 is 11.3 Å². The van der Waals surface area contributed by atoms with Crippen molar-refractivity contribution in [3.8, 4) is 32.9 Å². The number of fused-ring (bicyclic) bond motifs is 5. The summed E-state index contributed by atoms with van der Waals surface area (Å²) in [7, 11) is 0. The topological polar surface area (TPSA) is 48.8 Å². The average molecular weight is 559 g/mol. The van der Waals surface area contributed by atoms with Gasteiger partial charge >= 0.3 is 0 Å². The zero-order valence-corrected chi connectivity index (χ0v) is 23.1. The van der Waals surface area contributed by atoms with Crippen molar-refractivity contribution in [3.63, 3.8) is 0 Å². The van der Waals surface area contributed by atoms with Crippen LogP contribution in [-0.2, 0) is 0 Å². The molecular formula is C36H22N4OS. The Hall–Kier alpha value is -5.46. The quantitative estimate of drug-likeness (QED) is 0.216. The van der Waals surface area contributed by atoms with E-state index >= 15 is 0 Å². The van der Waals surface area contributed by atoms with Crippen molar-refractivity contribution in [3.05, 3.63) is 134 Å². The van der Waals surface area contributed by atoms with E-state index in [1.54, 1.807) is 11.3 Å². The van der Waals surface area contributed by atoms with Gasteiger partial charge in [0.15, 0.2) is 10.8 Å². The Bertz CT molecular complexity index is 2350. The first kappa shape index (κ1) is 23.3. The first-order valence-corrected chi connectivity index (χ1v) is 14.6. The van der Waals surface area contributed by atoms with Crippen molar-refractivity contribution in [1.82, 2.24) is 19.3 Å². The number of hydrogen-bond acceptors (Lipinski definition) is 4. The molecule has 4 heterocycles. The minimum absolute atomic E-state index is 0.704. The third-order valence-electron chi connectivity index (χ3n) is 7.99. The van der Waals surface area contributed by atoms with Gasteiger partial charge in [-0.3, -0.25) is 4.57 Å². The normalized spacial score (nSPS) is 11.8. The minimum Gasteiger partial charge on any atom is -0.437 e. The number of rotatable bonds is 4. The Morgan fingerprint density at radius 2 is 1.12 bits per heavy atom. The van der Waals surface area contributed by atoms with Gasteiger partial charge in [0.2, 0.25) is 5.88 Å². The summed E-state index contributed by atoms with van der Waals surface area (Å²) in [6, 6.07) is 42.1. The molecule has 0 saturated heterocycles. The maximum atomic E-state index is 6.44. The largest absolute Gasteiger partial charge is 0.437 e. The molecular weight excluding hydrogens is 536 g/mol. The molecule has 0 unspecified atom stereocenters. The molecule has 0 N–H and O–H groups in total. The zero-order chi connectivity index (χ0) is 27.6. The van der Waals surface area contributed by atoms with Crippen molar-refractivity contribution >= 4 is 54.7 Å². The van der Waals surface area contributed by atoms with E-state index in [0.717, 1.165) is 43.6 Å². The Labute approximate surface area is 244 Å². The fourth-order valence-electron chi connectivity index (χ4n) is 6.07. The fraction of sp³-hybridized carbons (Fsp3) is 0. The minimum atomic E-state index is 0.704. The smallest absolute Gasteiger partial charge is 0.205 e. The van der Waals surface area contributed by atoms with Crippen LogP contribution in [-0.4, -0.2) is 19.3 Å². The van der Waals surface area contributed by atoms with Crippen molar-refractivity contribution in [2.45, 2.75) is 0 Å². The standard InChI is InChI=1S/C36H22N4OS/c1-2-10-24-22-39(21-23(24)9-1)30-18-17-29(25-11-3-4-12-26(25)30)35-37-38-36(42-35)33-19-20-34(41-33)40-31-15-7-5-13-27(31)28-14-6-8-16-32(28)40/h1-22H. The van der Waals surface area contributed by atoms with Crippen LogP contribution in [0.1, 0.15) is 0 Å². The Balaban J connectivity index is 1.12. The van der Waals surface area contributed by atoms with Crippen LogP contribution in [0.4, 0.5) is 0 Å². The van der Waals surface area contributed by atoms with Crippen LogP contribution in [0.3, 0.4) is 0 Å². The van der Waals surface area contributed by atoms with E-state index in [9.17, 15) is 0 Å². The second-order valence-corrected chi connectivity index (χ2v) is 11.4. The van der Waals surface area contributed by atoms with Crippen LogP contribution in [0.5, 0.6) is 0 Å². The number of furan rings is 1. The third-order valence-corrected chi connectivity index (χ3v) is 8.96. The number of aromatic nitrogens is 4. The fourth-order valence-corrected chi connectivity index (χ4v) is 6.92. The molecule has 0 atom stereocenters. The van der Waals surface area contributed by atoms with Gasteiger partial charge in [-0.05, 0) is 46.5 Å². The molecule has 9 rings (SSSR count). The van der Waals surface area contributed by atoms with Gasteiger partial charge in [0.05, 0.1) is 16.7 Å². The van der Waals surface area contributed by atoms with E-state index in [1.807, 2.05) is 12.1 Å². The van der Waals surface area contributed by atoms with E-state index in [0.29, 0.717) is 5.76 Å². The summed E-state index contributed by atoms with van der Waals surface area (Å²) < 4.78 is 10.8. The van der Waals surface area contributed by atoms with Crippen molar-refractivity contribution in [2.24, 2.45) is 0 Å². The van der Waals surface area contributed by atoms with Gasteiger partial charge in [0, 0.05) is 40.2 Å². The molecule has 0 bridgehead atoms. The summed E-state index contributed by atoms with van der Waals surface area (Å²) in [6.07, 6.45) is 4.37. The molecule has 0 radical (unpaired) electrons. The lowest BCUT2D eigenvalue weighted by molar-refractivity contribution is 0.559. The number of benzene rings is 5. The molecule has 198 valence electrons. The predicted octanol–water partition coefficient (Wildman–Crippen LogP) is 9.66. The SMILES string of the molecule is c1ccc2cn(-c3ccc(-c4nnc(-c5ccc(-n6c7ccccc7c7ccccc76)o5)s4)c4ccccc34)cc2c1. The summed E-state index contributed by atoms with van der Waals surface area (Å²) in [5, 5.41) is 17.9. The maximum absolute atomic E-state index is 6.44. The molecule has 0 aliphatic carbocycles. The highest BCUT2D eigenvalue weighted by molar-refractivity contribution is 7.18. The summed E-state index contributed by atoms with van der Waals surface area (Å²) in [4.78, 5) is 0. The summed E-state index contributed by atoms with van der Waals surface area (Å²) in [5.74, 6) is 1.46. The molecule has 0 aliphatic heterocycles. The second-order valence-electron chi connectivity index (χ2n) is 10.4. The highest BCUT2D eigenvalue weighted by atomic mass is 32.1. The van der Waals surface area contributed by atoms with Gasteiger partial charge in [-0.15, -0.1) is 10.2 Å². The number of para-hydroxylation sites is 2. The molecule has 42 heavy (non-hydrogen) atoms. The lowest BCUT2D eigenvalue weighted by atomic mass is 10.0. The average Bonchev–Trinajstić information content (AvgIpc) is 3.84. The van der Waals surface area contributed by atoms with E-state index in [4.69, 9.17) is 4.42 Å². The molecule has 0 amide bonds. The van der Waals surface area contributed by atoms with Gasteiger partial charge in [0.25, 0.3) is 0 Å². The second kappa shape index (κ2) is 9.03. The highest BCUT2D eigenvalue weighted by Gasteiger charge is 2.18. The molecule has 5 aromatic carbocycles. The van der Waals surface area contributed by atoms with Crippen LogP contribution in [0.15, 0.2) is 138 Å². The summed E-state index contributed by atoms with van der Waals surface area (Å²) >= 11 is 1.55. The Morgan fingerprint density at radius 3 is 1.83 bits per heavy atom. The molecule has 0 aliphatic rings. The Kier molecular flexibility index (Phi) is 5.00. The van der Waals surface area contributed by atoms with E-state index in [1.165, 1.54) is 26.9 Å². The summed E-state index contributed by atoms with van der Waals surface area (Å²) in [5.41, 5.74) is 4.42. The van der Waals surface area contributed by atoms with Crippen LogP contribution in [0.25, 0.3) is 76.3 Å². The van der Waals surface area contributed by atoms with Crippen LogP contribution < -0.4 is 0 Å². The summed E-state index contributed by atoms with van der Waals surface area (Å²) in [6.45, 7) is 0. The third kappa shape index (κ3) is 3.49. The van der Waals surface area contributed by atoms with E-state index in [-0.39, 0.29) is 0 Å². The molecule has 4 aromatic heterocycles. The number of hydrogen-bond donors (Lipinski definition) is 0. The van der Waals surface area contributed by atoms with Crippen LogP contribution in [0, 0.1) is 0 Å². The van der Waals surface area contributed by atoms with Gasteiger partial charge < -0.3 is 8.98 Å².